The van der Waals surface area contributed by atoms with Crippen LogP contribution in [0, 0.1) is 11.8 Å². The highest BCUT2D eigenvalue weighted by Crippen LogP contribution is 2.06. The molecular weight excluding hydrogens is 366 g/mol. The highest BCUT2D eigenvalue weighted by atomic mass is 16.4. The molecule has 0 aromatic carbocycles. The van der Waals surface area contributed by atoms with Gasteiger partial charge in [-0.05, 0) is 31.7 Å². The quantitative estimate of drug-likeness (QED) is 0.242. The second-order valence-corrected chi connectivity index (χ2v) is 7.26. The molecule has 0 aliphatic heterocycles. The zero-order valence-electron chi connectivity index (χ0n) is 17.6. The molecule has 0 aliphatic carbocycles. The summed E-state index contributed by atoms with van der Waals surface area (Å²) in [4.78, 5) is 34.8. The number of carboxylic acid groups (broad SMARTS) is 1. The van der Waals surface area contributed by atoms with E-state index in [1.54, 1.807) is 13.8 Å². The van der Waals surface area contributed by atoms with Gasteiger partial charge in [-0.15, -0.1) is 6.54 Å². The first-order valence-corrected chi connectivity index (χ1v) is 9.53. The van der Waals surface area contributed by atoms with Crippen molar-refractivity contribution < 1.29 is 24.6 Å². The summed E-state index contributed by atoms with van der Waals surface area (Å²) in [5.74, 6) is -1.97. The first kappa shape index (κ1) is 28.5. The van der Waals surface area contributed by atoms with Gasteiger partial charge < -0.3 is 37.6 Å². The second-order valence-electron chi connectivity index (χ2n) is 7.26. The number of carboxylic acids is 1. The molecule has 0 spiro atoms. The van der Waals surface area contributed by atoms with E-state index in [4.69, 9.17) is 21.7 Å². The minimum absolute atomic E-state index is 0.167. The van der Waals surface area contributed by atoms with E-state index in [2.05, 4.69) is 16.0 Å². The summed E-state index contributed by atoms with van der Waals surface area (Å²) in [5.41, 5.74) is 12.4. The van der Waals surface area contributed by atoms with Crippen molar-refractivity contribution >= 4 is 17.8 Å². The van der Waals surface area contributed by atoms with Crippen LogP contribution in [0.5, 0.6) is 0 Å². The van der Waals surface area contributed by atoms with Crippen molar-refractivity contribution in [3.8, 4) is 0 Å². The van der Waals surface area contributed by atoms with Crippen LogP contribution in [0.3, 0.4) is 0 Å². The number of rotatable bonds is 12. The Kier molecular flexibility index (Phi) is 16.5. The molecule has 0 heterocycles. The summed E-state index contributed by atoms with van der Waals surface area (Å²) in [6.45, 7) is 10.7. The fraction of sp³-hybridized carbons (Fsp3) is 0.833. The number of aliphatic carboxylic acids is 1. The predicted octanol–water partition coefficient (Wildman–Crippen LogP) is -0.290. The van der Waals surface area contributed by atoms with Crippen LogP contribution in [-0.4, -0.2) is 72.4 Å². The van der Waals surface area contributed by atoms with Crippen LogP contribution in [0.15, 0.2) is 0 Å². The molecule has 10 heteroatoms. The lowest BCUT2D eigenvalue weighted by atomic mass is 10.0. The number of nitrogens with one attached hydrogen (secondary N) is 4. The van der Waals surface area contributed by atoms with Crippen molar-refractivity contribution in [2.24, 2.45) is 17.6 Å². The molecule has 0 aromatic rings. The van der Waals surface area contributed by atoms with Gasteiger partial charge in [0.1, 0.15) is 12.1 Å². The molecule has 0 bridgehead atoms. The number of hydrogen-bond donors (Lipinski definition) is 6. The molecule has 0 aliphatic rings. The Balaban J connectivity index is 0. The molecule has 3 atom stereocenters. The van der Waals surface area contributed by atoms with Crippen molar-refractivity contribution in [1.82, 2.24) is 16.0 Å². The van der Waals surface area contributed by atoms with Crippen molar-refractivity contribution in [2.75, 3.05) is 26.2 Å². The standard InChI is InChI=1S/C14H27N3O4.C4H11N2O/c1-7(2)6-10(15)12(18)17-11(8(3)4)13(19)16-9(5)14(20)21;5-1-2-6-3-4-7/h7-11H,6,15H2,1-5H3,(H,16,19)(H,17,18)(H,20,21);5-7H,1-4H2/q;-1/t9-,10-,11-;/m0./s1. The van der Waals surface area contributed by atoms with Crippen LogP contribution in [-0.2, 0) is 14.4 Å². The van der Waals surface area contributed by atoms with Crippen LogP contribution < -0.4 is 21.7 Å². The maximum atomic E-state index is 12.0. The summed E-state index contributed by atoms with van der Waals surface area (Å²) in [6, 6.07) is -2.51. The SMILES string of the molecule is CC(C)C[C@H](N)C(=O)N[C@H](C(=O)N[C@@H](C)C(=O)O)C(C)C.[NH-]CCNCCO. The van der Waals surface area contributed by atoms with E-state index < -0.39 is 35.9 Å². The molecule has 0 saturated carbocycles. The lowest BCUT2D eigenvalue weighted by Gasteiger charge is -2.24. The number of carbonyl (C=O) groups is 3. The van der Waals surface area contributed by atoms with Crippen molar-refractivity contribution in [2.45, 2.75) is 59.2 Å². The van der Waals surface area contributed by atoms with E-state index in [1.807, 2.05) is 13.8 Å². The van der Waals surface area contributed by atoms with E-state index in [1.165, 1.54) is 6.92 Å². The monoisotopic (exact) mass is 404 g/mol. The average Bonchev–Trinajstić information content (AvgIpc) is 2.59. The summed E-state index contributed by atoms with van der Waals surface area (Å²) < 4.78 is 0. The van der Waals surface area contributed by atoms with E-state index in [0.29, 0.717) is 26.1 Å². The fourth-order valence-electron chi connectivity index (χ4n) is 2.07. The number of carbonyl (C=O) groups excluding carboxylic acids is 2. The largest absolute Gasteiger partial charge is 0.676 e. The summed E-state index contributed by atoms with van der Waals surface area (Å²) in [7, 11) is 0. The number of hydrogen-bond acceptors (Lipinski definition) is 6. The Morgan fingerprint density at radius 2 is 1.57 bits per heavy atom. The topological polar surface area (TPSA) is 178 Å². The molecule has 0 unspecified atom stereocenters. The smallest absolute Gasteiger partial charge is 0.325 e. The van der Waals surface area contributed by atoms with Crippen LogP contribution in [0.1, 0.15) is 41.0 Å². The fourth-order valence-corrected chi connectivity index (χ4v) is 2.07. The van der Waals surface area contributed by atoms with Crippen LogP contribution in [0.25, 0.3) is 5.73 Å². The van der Waals surface area contributed by atoms with Crippen molar-refractivity contribution in [1.29, 1.82) is 0 Å². The minimum Gasteiger partial charge on any atom is -0.676 e. The summed E-state index contributed by atoms with van der Waals surface area (Å²) in [6.07, 6.45) is 0.518. The molecule has 0 saturated heterocycles. The van der Waals surface area contributed by atoms with Crippen molar-refractivity contribution in [3.63, 3.8) is 0 Å². The van der Waals surface area contributed by atoms with Gasteiger partial charge in [-0.2, -0.15) is 0 Å². The lowest BCUT2D eigenvalue weighted by Crippen LogP contribution is -2.56. The molecule has 8 N–H and O–H groups in total. The van der Waals surface area contributed by atoms with Gasteiger partial charge >= 0.3 is 5.97 Å². The van der Waals surface area contributed by atoms with Gasteiger partial charge in [-0.25, -0.2) is 0 Å². The van der Waals surface area contributed by atoms with Crippen LogP contribution in [0.2, 0.25) is 0 Å². The normalized spacial score (nSPS) is 13.9. The van der Waals surface area contributed by atoms with E-state index in [0.717, 1.165) is 0 Å². The second kappa shape index (κ2) is 16.2. The molecule has 0 aromatic heterocycles. The third kappa shape index (κ3) is 14.3. The molecule has 0 radical (unpaired) electrons. The first-order valence-electron chi connectivity index (χ1n) is 9.53. The third-order valence-electron chi connectivity index (χ3n) is 3.63. The Hall–Kier alpha value is -1.75. The molecule has 0 rings (SSSR count). The third-order valence-corrected chi connectivity index (χ3v) is 3.63. The van der Waals surface area contributed by atoms with Gasteiger partial charge in [-0.3, -0.25) is 14.4 Å². The zero-order chi connectivity index (χ0) is 22.3. The molecular formula is C18H38N5O5-. The van der Waals surface area contributed by atoms with Gasteiger partial charge in [0.05, 0.1) is 12.6 Å². The van der Waals surface area contributed by atoms with Gasteiger partial charge in [0.25, 0.3) is 0 Å². The van der Waals surface area contributed by atoms with Gasteiger partial charge in [0.2, 0.25) is 11.8 Å². The van der Waals surface area contributed by atoms with Crippen molar-refractivity contribution in [3.05, 3.63) is 5.73 Å². The van der Waals surface area contributed by atoms with Crippen LogP contribution >= 0.6 is 0 Å². The predicted molar refractivity (Wildman–Crippen MR) is 109 cm³/mol. The van der Waals surface area contributed by atoms with E-state index in [9.17, 15) is 14.4 Å². The van der Waals surface area contributed by atoms with E-state index >= 15 is 0 Å². The summed E-state index contributed by atoms with van der Waals surface area (Å²) >= 11 is 0. The minimum atomic E-state index is -1.13. The molecule has 166 valence electrons. The molecule has 0 fully saturated rings. The summed E-state index contributed by atoms with van der Waals surface area (Å²) in [5, 5.41) is 24.8. The Morgan fingerprint density at radius 3 is 1.96 bits per heavy atom. The Bertz CT molecular complexity index is 456. The number of nitrogens with two attached hydrogens (primary N) is 1. The van der Waals surface area contributed by atoms with E-state index in [-0.39, 0.29) is 18.4 Å². The maximum Gasteiger partial charge on any atom is 0.325 e. The maximum absolute atomic E-state index is 12.0. The molecule has 10 nitrogen and oxygen atoms in total. The number of aliphatic hydroxyl groups excluding tert-OH is 1. The zero-order valence-corrected chi connectivity index (χ0v) is 17.6. The molecule has 28 heavy (non-hydrogen) atoms. The van der Waals surface area contributed by atoms with Crippen LogP contribution in [0.4, 0.5) is 0 Å². The Labute approximate surface area is 167 Å². The highest BCUT2D eigenvalue weighted by Gasteiger charge is 2.28. The van der Waals surface area contributed by atoms with Gasteiger partial charge in [0.15, 0.2) is 0 Å². The lowest BCUT2D eigenvalue weighted by molar-refractivity contribution is -0.142. The Morgan fingerprint density at radius 1 is 1.00 bits per heavy atom. The average molecular weight is 405 g/mol. The molecule has 2 amide bonds. The van der Waals surface area contributed by atoms with Gasteiger partial charge in [0, 0.05) is 6.54 Å². The number of aliphatic hydroxyl groups is 1. The number of amides is 2. The van der Waals surface area contributed by atoms with Gasteiger partial charge in [-0.1, -0.05) is 27.7 Å². The first-order chi connectivity index (χ1) is 13.0. The highest BCUT2D eigenvalue weighted by molar-refractivity contribution is 5.91.